The monoisotopic (exact) mass is 421 g/mol. The number of amides is 1. The summed E-state index contributed by atoms with van der Waals surface area (Å²) < 4.78 is 11.4. The van der Waals surface area contributed by atoms with Crippen LogP contribution in [0.5, 0.6) is 5.75 Å². The van der Waals surface area contributed by atoms with Crippen molar-refractivity contribution < 1.29 is 14.3 Å². The molecular weight excluding hydrogens is 390 g/mol. The molecule has 0 saturated heterocycles. The van der Waals surface area contributed by atoms with Gasteiger partial charge in [-0.05, 0) is 75.8 Å². The molecule has 0 fully saturated rings. The number of fused-ring (bicyclic) bond motifs is 2. The Morgan fingerprint density at radius 3 is 2.81 bits per heavy atom. The summed E-state index contributed by atoms with van der Waals surface area (Å²) in [6, 6.07) is 14.2. The van der Waals surface area contributed by atoms with Crippen molar-refractivity contribution in [1.82, 2.24) is 5.32 Å². The van der Waals surface area contributed by atoms with Crippen LogP contribution in [0.1, 0.15) is 69.2 Å². The van der Waals surface area contributed by atoms with Gasteiger partial charge in [0.2, 0.25) is 0 Å². The highest BCUT2D eigenvalue weighted by Crippen LogP contribution is 2.42. The number of alkyl carbamates (subject to hydrolysis) is 1. The molecule has 2 aliphatic rings. The largest absolute Gasteiger partial charge is 0.456 e. The number of anilines is 1. The Kier molecular flexibility index (Phi) is 5.56. The molecular formula is C25H31N3O3. The van der Waals surface area contributed by atoms with Crippen molar-refractivity contribution in [3.63, 3.8) is 0 Å². The third-order valence-electron chi connectivity index (χ3n) is 5.76. The molecule has 1 aliphatic carbocycles. The van der Waals surface area contributed by atoms with E-state index in [0.29, 0.717) is 11.6 Å². The van der Waals surface area contributed by atoms with Crippen LogP contribution < -0.4 is 21.1 Å². The van der Waals surface area contributed by atoms with E-state index in [-0.39, 0.29) is 12.0 Å². The fraction of sp³-hybridized carbons (Fsp3) is 0.400. The van der Waals surface area contributed by atoms with E-state index in [9.17, 15) is 4.79 Å². The van der Waals surface area contributed by atoms with Crippen molar-refractivity contribution >= 4 is 11.8 Å². The first-order valence-corrected chi connectivity index (χ1v) is 10.8. The summed E-state index contributed by atoms with van der Waals surface area (Å²) in [5.74, 6) is 2.00. The molecule has 2 aromatic rings. The van der Waals surface area contributed by atoms with Crippen molar-refractivity contribution in [2.45, 2.75) is 64.5 Å². The summed E-state index contributed by atoms with van der Waals surface area (Å²) in [7, 11) is 0. The van der Waals surface area contributed by atoms with E-state index in [4.69, 9.17) is 15.2 Å². The smallest absolute Gasteiger partial charge is 0.408 e. The van der Waals surface area contributed by atoms with Crippen molar-refractivity contribution in [3.8, 4) is 5.75 Å². The minimum Gasteiger partial charge on any atom is -0.456 e. The number of rotatable bonds is 3. The molecule has 2 atom stereocenters. The molecule has 0 spiro atoms. The lowest BCUT2D eigenvalue weighted by molar-refractivity contribution is 0.0493. The van der Waals surface area contributed by atoms with Crippen molar-refractivity contribution in [2.24, 2.45) is 5.73 Å². The highest BCUT2D eigenvalue weighted by atomic mass is 16.6. The fourth-order valence-electron chi connectivity index (χ4n) is 4.37. The molecule has 0 bridgehead atoms. The average molecular weight is 422 g/mol. The van der Waals surface area contributed by atoms with E-state index in [1.165, 1.54) is 11.1 Å². The van der Waals surface area contributed by atoms with Gasteiger partial charge < -0.3 is 25.8 Å². The van der Waals surface area contributed by atoms with Gasteiger partial charge in [-0.3, -0.25) is 0 Å². The summed E-state index contributed by atoms with van der Waals surface area (Å²) in [6.45, 7) is 7.43. The number of carbonyl (C=O) groups excluding carboxylic acids is 1. The lowest BCUT2D eigenvalue weighted by atomic mass is 9.76. The second-order valence-corrected chi connectivity index (χ2v) is 9.27. The van der Waals surface area contributed by atoms with Crippen LogP contribution in [0, 0.1) is 0 Å². The van der Waals surface area contributed by atoms with Gasteiger partial charge in [-0.25, -0.2) is 4.79 Å². The fourth-order valence-corrected chi connectivity index (χ4v) is 4.37. The molecule has 0 aromatic heterocycles. The first-order valence-electron chi connectivity index (χ1n) is 10.8. The zero-order chi connectivity index (χ0) is 22.2. The highest BCUT2D eigenvalue weighted by Gasteiger charge is 2.32. The Morgan fingerprint density at radius 2 is 2.03 bits per heavy atom. The molecule has 4 N–H and O–H groups in total. The van der Waals surface area contributed by atoms with Crippen molar-refractivity contribution in [1.29, 1.82) is 0 Å². The van der Waals surface area contributed by atoms with Crippen LogP contribution in [0.25, 0.3) is 0 Å². The molecule has 4 rings (SSSR count). The Labute approximate surface area is 183 Å². The van der Waals surface area contributed by atoms with Gasteiger partial charge in [0.1, 0.15) is 17.2 Å². The van der Waals surface area contributed by atoms with Gasteiger partial charge in [0.25, 0.3) is 0 Å². The standard InChI is InChI=1S/C25H31N3O3/c1-15-23(26)27-20-14-17(12-13-21(20)30-15)22(28-24(29)31-25(2,3)4)19-11-7-9-16-8-5-6-10-18(16)19/h5-6,8,10,12-14,19,22,27H,7,9,11,26H2,1-4H3,(H,28,29). The van der Waals surface area contributed by atoms with E-state index >= 15 is 0 Å². The third kappa shape index (κ3) is 4.63. The second-order valence-electron chi connectivity index (χ2n) is 9.27. The second kappa shape index (κ2) is 8.17. The number of aryl methyl sites for hydroxylation is 1. The maximum atomic E-state index is 12.8. The van der Waals surface area contributed by atoms with Gasteiger partial charge in [0, 0.05) is 5.92 Å². The number of benzene rings is 2. The maximum absolute atomic E-state index is 12.8. The maximum Gasteiger partial charge on any atom is 0.408 e. The first-order chi connectivity index (χ1) is 14.7. The molecule has 1 amide bonds. The van der Waals surface area contributed by atoms with Crippen LogP contribution >= 0.6 is 0 Å². The van der Waals surface area contributed by atoms with Gasteiger partial charge in [0.15, 0.2) is 5.75 Å². The van der Waals surface area contributed by atoms with E-state index in [1.54, 1.807) is 0 Å². The normalized spacial score (nSPS) is 18.8. The quantitative estimate of drug-likeness (QED) is 0.624. The van der Waals surface area contributed by atoms with E-state index < -0.39 is 11.7 Å². The van der Waals surface area contributed by atoms with Crippen LogP contribution in [0.4, 0.5) is 10.5 Å². The lowest BCUT2D eigenvalue weighted by Gasteiger charge is -2.34. The molecule has 6 nitrogen and oxygen atoms in total. The Morgan fingerprint density at radius 1 is 1.26 bits per heavy atom. The molecule has 6 heteroatoms. The topological polar surface area (TPSA) is 85.6 Å². The van der Waals surface area contributed by atoms with E-state index in [2.05, 4.69) is 34.9 Å². The minimum absolute atomic E-state index is 0.148. The van der Waals surface area contributed by atoms with Crippen LogP contribution in [-0.2, 0) is 11.2 Å². The Bertz CT molecular complexity index is 1020. The highest BCUT2D eigenvalue weighted by molar-refractivity contribution is 5.70. The van der Waals surface area contributed by atoms with E-state index in [1.807, 2.05) is 45.9 Å². The summed E-state index contributed by atoms with van der Waals surface area (Å²) >= 11 is 0. The zero-order valence-electron chi connectivity index (χ0n) is 18.6. The molecule has 1 heterocycles. The summed E-state index contributed by atoms with van der Waals surface area (Å²) in [5.41, 5.74) is 9.86. The molecule has 2 aromatic carbocycles. The third-order valence-corrected chi connectivity index (χ3v) is 5.76. The van der Waals surface area contributed by atoms with Crippen LogP contribution in [0.3, 0.4) is 0 Å². The Balaban J connectivity index is 1.71. The lowest BCUT2D eigenvalue weighted by Crippen LogP contribution is -2.38. The summed E-state index contributed by atoms with van der Waals surface area (Å²) in [5, 5.41) is 6.36. The molecule has 0 radical (unpaired) electrons. The number of nitrogens with one attached hydrogen (secondary N) is 2. The number of hydrogen-bond acceptors (Lipinski definition) is 5. The molecule has 1 aliphatic heterocycles. The van der Waals surface area contributed by atoms with Gasteiger partial charge in [-0.15, -0.1) is 0 Å². The van der Waals surface area contributed by atoms with Gasteiger partial charge in [-0.2, -0.15) is 0 Å². The number of hydrogen-bond donors (Lipinski definition) is 3. The Hall–Kier alpha value is -3.15. The number of allylic oxidation sites excluding steroid dienone is 1. The summed E-state index contributed by atoms with van der Waals surface area (Å²) in [6.07, 6.45) is 2.71. The van der Waals surface area contributed by atoms with E-state index in [0.717, 1.165) is 36.3 Å². The van der Waals surface area contributed by atoms with Crippen LogP contribution in [0.15, 0.2) is 54.0 Å². The molecule has 31 heavy (non-hydrogen) atoms. The van der Waals surface area contributed by atoms with Crippen LogP contribution in [0.2, 0.25) is 0 Å². The predicted octanol–water partition coefficient (Wildman–Crippen LogP) is 5.32. The SMILES string of the molecule is CC1=C(N)Nc2cc(C(NC(=O)OC(C)(C)C)C3CCCc4ccccc43)ccc2O1. The van der Waals surface area contributed by atoms with Gasteiger partial charge >= 0.3 is 6.09 Å². The first kappa shape index (κ1) is 21.1. The van der Waals surface area contributed by atoms with Crippen LogP contribution in [-0.4, -0.2) is 11.7 Å². The molecule has 2 unspecified atom stereocenters. The van der Waals surface area contributed by atoms with Crippen molar-refractivity contribution in [2.75, 3.05) is 5.32 Å². The van der Waals surface area contributed by atoms with Crippen molar-refractivity contribution in [3.05, 3.63) is 70.7 Å². The number of ether oxygens (including phenoxy) is 2. The van der Waals surface area contributed by atoms with Gasteiger partial charge in [-0.1, -0.05) is 30.3 Å². The minimum atomic E-state index is -0.568. The predicted molar refractivity (Wildman–Crippen MR) is 122 cm³/mol. The molecule has 164 valence electrons. The average Bonchev–Trinajstić information content (AvgIpc) is 2.71. The molecule has 0 saturated carbocycles. The number of nitrogens with two attached hydrogens (primary N) is 1. The summed E-state index contributed by atoms with van der Waals surface area (Å²) in [4.78, 5) is 12.8. The zero-order valence-corrected chi connectivity index (χ0v) is 18.6. The van der Waals surface area contributed by atoms with Gasteiger partial charge in [0.05, 0.1) is 11.7 Å². The number of carbonyl (C=O) groups is 1.